The number of rotatable bonds is 5. The molecule has 1 aromatic heterocycles. The molecule has 0 saturated carbocycles. The molecule has 0 unspecified atom stereocenters. The lowest BCUT2D eigenvalue weighted by atomic mass is 9.89. The zero-order valence-corrected chi connectivity index (χ0v) is 20.9. The van der Waals surface area contributed by atoms with E-state index in [9.17, 15) is 61.0 Å². The fourth-order valence-electron chi connectivity index (χ4n) is 5.02. The van der Waals surface area contributed by atoms with Crippen molar-refractivity contribution in [1.29, 1.82) is 0 Å². The van der Waals surface area contributed by atoms with E-state index in [0.29, 0.717) is 0 Å². The first-order valence-electron chi connectivity index (χ1n) is 12.4. The van der Waals surface area contributed by atoms with Crippen molar-refractivity contribution in [3.63, 3.8) is 0 Å². The quantitative estimate of drug-likeness (QED) is 0.131. The molecule has 16 heteroatoms. The summed E-state index contributed by atoms with van der Waals surface area (Å²) in [4.78, 5) is 13.5. The van der Waals surface area contributed by atoms with Crippen molar-refractivity contribution >= 4 is 21.9 Å². The van der Waals surface area contributed by atoms with E-state index < -0.39 is 114 Å². The highest BCUT2D eigenvalue weighted by Crippen LogP contribution is 2.45. The van der Waals surface area contributed by atoms with E-state index >= 15 is 0 Å². The number of hydrogen-bond acceptors (Lipinski definition) is 16. The van der Waals surface area contributed by atoms with E-state index in [0.717, 1.165) is 18.2 Å². The van der Waals surface area contributed by atoms with Crippen LogP contribution in [0.1, 0.15) is 11.7 Å². The highest BCUT2D eigenvalue weighted by atomic mass is 16.7. The standard InChI is InChI=1S/C25H28O16/c26-4-12-17(31)20(34)22(36)24(39-12)14-8(29)3-11-15(19(14)33)16(30)6-1-10(7(28)2-9(6)38-11)40-25-23(37)21(35)18(32)13(5-27)41-25/h1-3,12-13,17-18,20-29,31-37H,4-5H2/t12-,13-,17-,18-,20+,21+,22-,23-,24-,25+/m0/s1. The van der Waals surface area contributed by atoms with Crippen molar-refractivity contribution in [1.82, 2.24) is 0 Å². The van der Waals surface area contributed by atoms with Gasteiger partial charge >= 0.3 is 0 Å². The number of aromatic hydroxyl groups is 3. The SMILES string of the molecule is O=c1c2cc(O[C@@H]3O[C@@H](CO)[C@H](O)[C@@H](O)[C@@H]3O)c(O)cc2oc2cc(O)c([C@@H]3O[C@@H](CO)[C@H](O)[C@@H](O)[C@@H]3O)c(O)c12. The molecule has 3 heterocycles. The summed E-state index contributed by atoms with van der Waals surface area (Å²) >= 11 is 0. The average Bonchev–Trinajstić information content (AvgIpc) is 2.93. The molecule has 41 heavy (non-hydrogen) atoms. The van der Waals surface area contributed by atoms with Crippen LogP contribution in [0.2, 0.25) is 0 Å². The van der Waals surface area contributed by atoms with Crippen LogP contribution in [0.5, 0.6) is 23.0 Å². The molecule has 2 saturated heterocycles. The maximum atomic E-state index is 13.5. The topological polar surface area (TPSA) is 280 Å². The maximum absolute atomic E-state index is 13.5. The summed E-state index contributed by atoms with van der Waals surface area (Å²) in [5, 5.41) is 111. The van der Waals surface area contributed by atoms with Gasteiger partial charge in [-0.25, -0.2) is 0 Å². The van der Waals surface area contributed by atoms with Crippen molar-refractivity contribution in [3.8, 4) is 23.0 Å². The Balaban J connectivity index is 1.60. The van der Waals surface area contributed by atoms with Gasteiger partial charge in [0.05, 0.1) is 24.2 Å². The Kier molecular flexibility index (Phi) is 7.72. The van der Waals surface area contributed by atoms with Crippen molar-refractivity contribution in [2.24, 2.45) is 0 Å². The van der Waals surface area contributed by atoms with Crippen molar-refractivity contribution in [2.75, 3.05) is 13.2 Å². The summed E-state index contributed by atoms with van der Waals surface area (Å²) < 4.78 is 21.7. The largest absolute Gasteiger partial charge is 0.507 e. The van der Waals surface area contributed by atoms with E-state index in [1.54, 1.807) is 0 Å². The van der Waals surface area contributed by atoms with E-state index in [4.69, 9.17) is 18.6 Å². The Labute approximate surface area is 228 Å². The number of hydrogen-bond donors (Lipinski definition) is 11. The molecule has 0 radical (unpaired) electrons. The lowest BCUT2D eigenvalue weighted by Gasteiger charge is -2.40. The number of benzene rings is 2. The maximum Gasteiger partial charge on any atom is 0.229 e. The molecule has 11 N–H and O–H groups in total. The number of aliphatic hydroxyl groups is 8. The highest BCUT2D eigenvalue weighted by molar-refractivity contribution is 5.96. The summed E-state index contributed by atoms with van der Waals surface area (Å²) in [5.74, 6) is -2.72. The molecule has 2 aliphatic rings. The van der Waals surface area contributed by atoms with Gasteiger partial charge < -0.3 is 74.8 Å². The van der Waals surface area contributed by atoms with Gasteiger partial charge in [-0.1, -0.05) is 0 Å². The first-order valence-corrected chi connectivity index (χ1v) is 12.4. The molecule has 3 aromatic rings. The summed E-state index contributed by atoms with van der Waals surface area (Å²) in [6, 6.07) is 2.84. The second kappa shape index (κ2) is 10.8. The summed E-state index contributed by atoms with van der Waals surface area (Å²) in [7, 11) is 0. The fraction of sp³-hybridized carbons (Fsp3) is 0.480. The molecule has 0 amide bonds. The molecule has 16 nitrogen and oxygen atoms in total. The molecule has 0 bridgehead atoms. The summed E-state index contributed by atoms with van der Waals surface area (Å²) in [6.45, 7) is -1.53. The van der Waals surface area contributed by atoms with Crippen LogP contribution in [0.25, 0.3) is 21.9 Å². The first kappa shape index (κ1) is 29.2. The second-order valence-corrected chi connectivity index (χ2v) is 9.84. The number of ether oxygens (including phenoxy) is 3. The van der Waals surface area contributed by atoms with Crippen molar-refractivity contribution in [2.45, 2.75) is 61.2 Å². The van der Waals surface area contributed by atoms with Crippen molar-refractivity contribution < 1.29 is 74.8 Å². The molecule has 5 rings (SSSR count). The van der Waals surface area contributed by atoms with Gasteiger partial charge in [0.1, 0.15) is 83.0 Å². The van der Waals surface area contributed by atoms with Crippen LogP contribution >= 0.6 is 0 Å². The Hall–Kier alpha value is -3.29. The molecule has 224 valence electrons. The van der Waals surface area contributed by atoms with Gasteiger partial charge in [0.15, 0.2) is 11.5 Å². The van der Waals surface area contributed by atoms with Gasteiger partial charge in [-0.05, 0) is 6.07 Å². The van der Waals surface area contributed by atoms with Crippen LogP contribution < -0.4 is 10.2 Å². The fourth-order valence-corrected chi connectivity index (χ4v) is 5.02. The highest BCUT2D eigenvalue weighted by Gasteiger charge is 2.47. The Morgan fingerprint density at radius 1 is 0.707 bits per heavy atom. The zero-order valence-electron chi connectivity index (χ0n) is 20.9. The second-order valence-electron chi connectivity index (χ2n) is 9.84. The van der Waals surface area contributed by atoms with Crippen LogP contribution in [0.15, 0.2) is 27.4 Å². The third-order valence-electron chi connectivity index (χ3n) is 7.30. The van der Waals surface area contributed by atoms with Gasteiger partial charge in [0.2, 0.25) is 11.7 Å². The van der Waals surface area contributed by atoms with Gasteiger partial charge in [-0.3, -0.25) is 4.79 Å². The van der Waals surface area contributed by atoms with Crippen molar-refractivity contribution in [3.05, 3.63) is 34.0 Å². The van der Waals surface area contributed by atoms with Crippen LogP contribution in [0, 0.1) is 0 Å². The number of phenolic OH excluding ortho intramolecular Hbond substituents is 3. The smallest absolute Gasteiger partial charge is 0.229 e. The predicted molar refractivity (Wildman–Crippen MR) is 132 cm³/mol. The minimum atomic E-state index is -1.90. The number of fused-ring (bicyclic) bond motifs is 2. The molecule has 0 aliphatic carbocycles. The van der Waals surface area contributed by atoms with Crippen LogP contribution in [-0.2, 0) is 9.47 Å². The number of phenols is 3. The molecule has 2 aromatic carbocycles. The first-order chi connectivity index (χ1) is 19.4. The minimum Gasteiger partial charge on any atom is -0.507 e. The minimum absolute atomic E-state index is 0.236. The Morgan fingerprint density at radius 2 is 1.29 bits per heavy atom. The molecule has 0 spiro atoms. The normalized spacial score (nSPS) is 34.2. The Bertz CT molecular complexity index is 1500. The monoisotopic (exact) mass is 584 g/mol. The Morgan fingerprint density at radius 3 is 1.93 bits per heavy atom. The van der Waals surface area contributed by atoms with Gasteiger partial charge in [-0.15, -0.1) is 0 Å². The zero-order chi connectivity index (χ0) is 29.9. The molecular formula is C25H28O16. The average molecular weight is 584 g/mol. The predicted octanol–water partition coefficient (Wildman–Crippen LogP) is -3.24. The van der Waals surface area contributed by atoms with E-state index in [1.165, 1.54) is 0 Å². The molecule has 2 aliphatic heterocycles. The van der Waals surface area contributed by atoms with Gasteiger partial charge in [0.25, 0.3) is 0 Å². The molecule has 2 fully saturated rings. The lowest BCUT2D eigenvalue weighted by molar-refractivity contribution is -0.277. The molecular weight excluding hydrogens is 556 g/mol. The molecule has 10 atom stereocenters. The summed E-state index contributed by atoms with van der Waals surface area (Å²) in [6.07, 6.45) is -16.9. The van der Waals surface area contributed by atoms with E-state index in [1.807, 2.05) is 0 Å². The van der Waals surface area contributed by atoms with Gasteiger partial charge in [0, 0.05) is 12.1 Å². The van der Waals surface area contributed by atoms with Crippen LogP contribution in [-0.4, -0.2) is 125 Å². The van der Waals surface area contributed by atoms with E-state index in [2.05, 4.69) is 0 Å². The lowest BCUT2D eigenvalue weighted by Crippen LogP contribution is -2.60. The van der Waals surface area contributed by atoms with Crippen LogP contribution in [0.3, 0.4) is 0 Å². The third kappa shape index (κ3) is 4.73. The third-order valence-corrected chi connectivity index (χ3v) is 7.30. The van der Waals surface area contributed by atoms with Crippen LogP contribution in [0.4, 0.5) is 0 Å². The van der Waals surface area contributed by atoms with E-state index in [-0.39, 0.29) is 16.6 Å². The van der Waals surface area contributed by atoms with Gasteiger partial charge in [-0.2, -0.15) is 0 Å². The summed E-state index contributed by atoms with van der Waals surface area (Å²) in [5.41, 5.74) is -2.06. The number of aliphatic hydroxyl groups excluding tert-OH is 8.